The molecule has 158 valence electrons. The minimum Gasteiger partial charge on any atom is -0.339 e. The molecule has 5 nitrogen and oxygen atoms in total. The van der Waals surface area contributed by atoms with Gasteiger partial charge in [0, 0.05) is 34.3 Å². The minimum atomic E-state index is -0.474. The topological polar surface area (TPSA) is 52.7 Å². The first-order valence-electron chi connectivity index (χ1n) is 10.3. The molecule has 0 bridgehead atoms. The van der Waals surface area contributed by atoms with Gasteiger partial charge in [0.1, 0.15) is 11.4 Å². The van der Waals surface area contributed by atoms with Crippen molar-refractivity contribution in [2.45, 2.75) is 31.2 Å². The Morgan fingerprint density at radius 3 is 2.57 bits per heavy atom. The number of piperidine rings is 1. The molecule has 2 fully saturated rings. The Morgan fingerprint density at radius 1 is 1.13 bits per heavy atom. The fourth-order valence-corrected chi connectivity index (χ4v) is 5.27. The van der Waals surface area contributed by atoms with Crippen LogP contribution in [0.15, 0.2) is 48.5 Å². The number of amides is 1. The van der Waals surface area contributed by atoms with Gasteiger partial charge in [0.2, 0.25) is 5.91 Å². The summed E-state index contributed by atoms with van der Waals surface area (Å²) in [6, 6.07) is 14.4. The van der Waals surface area contributed by atoms with Crippen molar-refractivity contribution in [1.29, 1.82) is 0 Å². The number of carbonyl (C=O) groups is 2. The van der Waals surface area contributed by atoms with E-state index in [1.165, 1.54) is 12.1 Å². The first kappa shape index (κ1) is 21.2. The molecule has 2 aliphatic heterocycles. The summed E-state index contributed by atoms with van der Waals surface area (Å²) < 4.78 is 13.9. The number of hydrogen-bond acceptors (Lipinski definition) is 4. The SMILES string of the molecule is O=C(CCCN1CCC2(CC1)C(=O)NCN2c1ccccc1)c1ccc(F)cc1I. The van der Waals surface area contributed by atoms with E-state index >= 15 is 0 Å². The highest BCUT2D eigenvalue weighted by Gasteiger charge is 2.50. The zero-order chi connectivity index (χ0) is 21.1. The average Bonchev–Trinajstić information content (AvgIpc) is 3.06. The number of halogens is 2. The van der Waals surface area contributed by atoms with E-state index in [0.717, 1.165) is 44.6 Å². The Morgan fingerprint density at radius 2 is 1.87 bits per heavy atom. The zero-order valence-corrected chi connectivity index (χ0v) is 18.9. The Bertz CT molecular complexity index is 929. The lowest BCUT2D eigenvalue weighted by Gasteiger charge is -2.43. The van der Waals surface area contributed by atoms with Gasteiger partial charge in [-0.25, -0.2) is 4.39 Å². The van der Waals surface area contributed by atoms with E-state index in [2.05, 4.69) is 27.2 Å². The van der Waals surface area contributed by atoms with Crippen LogP contribution >= 0.6 is 22.6 Å². The van der Waals surface area contributed by atoms with Crippen LogP contribution in [0.3, 0.4) is 0 Å². The largest absolute Gasteiger partial charge is 0.339 e. The number of benzene rings is 2. The van der Waals surface area contributed by atoms with Crippen LogP contribution in [-0.4, -0.2) is 48.4 Å². The average molecular weight is 521 g/mol. The van der Waals surface area contributed by atoms with E-state index in [9.17, 15) is 14.0 Å². The van der Waals surface area contributed by atoms with Gasteiger partial charge in [-0.2, -0.15) is 0 Å². The van der Waals surface area contributed by atoms with Gasteiger partial charge in [-0.1, -0.05) is 18.2 Å². The predicted octanol–water partition coefficient (Wildman–Crippen LogP) is 3.82. The number of para-hydroxylation sites is 1. The summed E-state index contributed by atoms with van der Waals surface area (Å²) in [6.07, 6.45) is 2.75. The lowest BCUT2D eigenvalue weighted by molar-refractivity contribution is -0.125. The second-order valence-electron chi connectivity index (χ2n) is 7.95. The molecule has 2 aromatic rings. The van der Waals surface area contributed by atoms with E-state index in [1.54, 1.807) is 6.07 Å². The summed E-state index contributed by atoms with van der Waals surface area (Å²) in [5, 5.41) is 3.03. The van der Waals surface area contributed by atoms with E-state index in [-0.39, 0.29) is 17.5 Å². The third-order valence-electron chi connectivity index (χ3n) is 6.20. The number of Topliss-reactive ketones (excluding diaryl/α,β-unsaturated/α-hetero) is 1. The van der Waals surface area contributed by atoms with Gasteiger partial charge in [0.25, 0.3) is 0 Å². The molecule has 0 aliphatic carbocycles. The first-order valence-corrected chi connectivity index (χ1v) is 11.4. The van der Waals surface area contributed by atoms with Crippen molar-refractivity contribution in [2.75, 3.05) is 31.2 Å². The third-order valence-corrected chi connectivity index (χ3v) is 7.09. The second kappa shape index (κ2) is 9.01. The van der Waals surface area contributed by atoms with Crippen LogP contribution < -0.4 is 10.2 Å². The van der Waals surface area contributed by atoms with Crippen molar-refractivity contribution in [3.05, 3.63) is 63.5 Å². The molecule has 1 amide bonds. The van der Waals surface area contributed by atoms with Gasteiger partial charge in [-0.05, 0) is 78.7 Å². The van der Waals surface area contributed by atoms with Crippen LogP contribution in [0.5, 0.6) is 0 Å². The standard InChI is InChI=1S/C23H25FIN3O2/c24-17-8-9-19(20(25)15-17)21(29)7-4-12-27-13-10-23(11-14-27)22(30)26-16-28(23)18-5-2-1-3-6-18/h1-3,5-6,8-9,15H,4,7,10-14,16H2,(H,26,30). The van der Waals surface area contributed by atoms with Gasteiger partial charge in [-0.3, -0.25) is 9.59 Å². The molecular weight excluding hydrogens is 496 g/mol. The maximum absolute atomic E-state index is 13.2. The predicted molar refractivity (Wildman–Crippen MR) is 123 cm³/mol. The number of nitrogens with zero attached hydrogens (tertiary/aromatic N) is 2. The molecule has 2 saturated heterocycles. The molecule has 4 rings (SSSR count). The molecule has 30 heavy (non-hydrogen) atoms. The Labute approximate surface area is 189 Å². The van der Waals surface area contributed by atoms with Crippen LogP contribution in [0, 0.1) is 9.39 Å². The third kappa shape index (κ3) is 4.23. The number of likely N-dealkylation sites (tertiary alicyclic amines) is 1. The summed E-state index contributed by atoms with van der Waals surface area (Å²) in [4.78, 5) is 29.7. The minimum absolute atomic E-state index is 0.0540. The molecule has 7 heteroatoms. The number of anilines is 1. The van der Waals surface area contributed by atoms with Crippen LogP contribution in [-0.2, 0) is 4.79 Å². The molecule has 0 atom stereocenters. The van der Waals surface area contributed by atoms with Crippen molar-refractivity contribution >= 4 is 40.0 Å². The molecule has 2 heterocycles. The lowest BCUT2D eigenvalue weighted by atomic mass is 9.85. The highest BCUT2D eigenvalue weighted by atomic mass is 127. The summed E-state index contributed by atoms with van der Waals surface area (Å²) >= 11 is 2.01. The van der Waals surface area contributed by atoms with E-state index in [0.29, 0.717) is 22.2 Å². The van der Waals surface area contributed by atoms with Crippen LogP contribution in [0.25, 0.3) is 0 Å². The quantitative estimate of drug-likeness (QED) is 0.464. The maximum Gasteiger partial charge on any atom is 0.247 e. The first-order chi connectivity index (χ1) is 14.5. The van der Waals surface area contributed by atoms with Crippen molar-refractivity contribution < 1.29 is 14.0 Å². The summed E-state index contributed by atoms with van der Waals surface area (Å²) in [5.41, 5.74) is 1.19. The number of hydrogen-bond donors (Lipinski definition) is 1. The van der Waals surface area contributed by atoms with E-state index in [4.69, 9.17) is 0 Å². The number of rotatable bonds is 6. The van der Waals surface area contributed by atoms with Crippen molar-refractivity contribution in [3.63, 3.8) is 0 Å². The van der Waals surface area contributed by atoms with Crippen molar-refractivity contribution in [1.82, 2.24) is 10.2 Å². The molecule has 0 saturated carbocycles. The molecule has 2 aliphatic rings. The fourth-order valence-electron chi connectivity index (χ4n) is 4.49. The van der Waals surface area contributed by atoms with E-state index in [1.807, 2.05) is 40.8 Å². The molecule has 0 radical (unpaired) electrons. The number of ketones is 1. The molecule has 0 unspecified atom stereocenters. The van der Waals surface area contributed by atoms with Crippen LogP contribution in [0.4, 0.5) is 10.1 Å². The monoisotopic (exact) mass is 521 g/mol. The van der Waals surface area contributed by atoms with Gasteiger partial charge < -0.3 is 15.1 Å². The van der Waals surface area contributed by atoms with Crippen LogP contribution in [0.2, 0.25) is 0 Å². The van der Waals surface area contributed by atoms with Gasteiger partial charge >= 0.3 is 0 Å². The molecule has 1 spiro atoms. The highest BCUT2D eigenvalue weighted by Crippen LogP contribution is 2.36. The Kier molecular flexibility index (Phi) is 6.38. The summed E-state index contributed by atoms with van der Waals surface area (Å²) in [6.45, 7) is 3.04. The fraction of sp³-hybridized carbons (Fsp3) is 0.391. The lowest BCUT2D eigenvalue weighted by Crippen LogP contribution is -2.56. The molecule has 0 aromatic heterocycles. The zero-order valence-electron chi connectivity index (χ0n) is 16.7. The number of nitrogens with one attached hydrogen (secondary N) is 1. The molecular formula is C23H25FIN3O2. The van der Waals surface area contributed by atoms with Crippen molar-refractivity contribution in [3.8, 4) is 0 Å². The van der Waals surface area contributed by atoms with Gasteiger partial charge in [0.05, 0.1) is 6.67 Å². The van der Waals surface area contributed by atoms with Gasteiger partial charge in [0.15, 0.2) is 5.78 Å². The van der Waals surface area contributed by atoms with Crippen LogP contribution in [0.1, 0.15) is 36.0 Å². The normalized spacial score (nSPS) is 18.6. The Balaban J connectivity index is 1.31. The number of carbonyl (C=O) groups excluding carboxylic acids is 2. The van der Waals surface area contributed by atoms with E-state index < -0.39 is 5.54 Å². The second-order valence-corrected chi connectivity index (χ2v) is 9.11. The molecule has 2 aromatic carbocycles. The van der Waals surface area contributed by atoms with Gasteiger partial charge in [-0.15, -0.1) is 0 Å². The smallest absolute Gasteiger partial charge is 0.247 e. The summed E-state index contributed by atoms with van der Waals surface area (Å²) in [7, 11) is 0. The van der Waals surface area contributed by atoms with Crippen molar-refractivity contribution in [2.24, 2.45) is 0 Å². The molecule has 1 N–H and O–H groups in total. The Hall–Kier alpha value is -2.00. The highest BCUT2D eigenvalue weighted by molar-refractivity contribution is 14.1. The maximum atomic E-state index is 13.2. The summed E-state index contributed by atoms with van der Waals surface area (Å²) in [5.74, 6) is -0.149.